The quantitative estimate of drug-likeness (QED) is 0.126. The Kier molecular flexibility index (Phi) is 26.8. The Bertz CT molecular complexity index is 260. The summed E-state index contributed by atoms with van der Waals surface area (Å²) in [5, 5.41) is 8.38. The molecule has 0 unspecified atom stereocenters. The number of hydrogen-bond donors (Lipinski definition) is 4. The molecule has 0 aromatic carbocycles. The molecule has 0 aromatic heterocycles. The van der Waals surface area contributed by atoms with Crippen molar-refractivity contribution in [1.29, 1.82) is 0 Å². The Morgan fingerprint density at radius 1 is 1.33 bits per heavy atom. The molecule has 0 saturated heterocycles. The molecule has 12 heteroatoms. The number of guanidine groups is 1. The zero-order valence-electron chi connectivity index (χ0n) is 10.4. The first-order valence-electron chi connectivity index (χ1n) is 4.08. The van der Waals surface area contributed by atoms with Crippen LogP contribution in [0.2, 0.25) is 0 Å². The van der Waals surface area contributed by atoms with Crippen LogP contribution in [-0.2, 0) is 16.2 Å². The summed E-state index contributed by atoms with van der Waals surface area (Å²) in [7, 11) is 0. The van der Waals surface area contributed by atoms with E-state index in [1.807, 2.05) is 0 Å². The predicted octanol–water partition coefficient (Wildman–Crippen LogP) is -8.54. The molecule has 0 radical (unpaired) electrons. The van der Waals surface area contributed by atoms with Crippen LogP contribution < -0.4 is 76.3 Å². The molecular weight excluding hydrogens is 286 g/mol. The van der Waals surface area contributed by atoms with Gasteiger partial charge in [0, 0.05) is 6.54 Å². The van der Waals surface area contributed by atoms with Crippen molar-refractivity contribution < 1.29 is 82.3 Å². The van der Waals surface area contributed by atoms with Gasteiger partial charge in [0.05, 0.1) is 0 Å². The molecule has 0 fully saturated rings. The fourth-order valence-electron chi connectivity index (χ4n) is 0.643. The molecule has 0 aromatic rings. The van der Waals surface area contributed by atoms with Crippen molar-refractivity contribution in [1.82, 2.24) is 0 Å². The number of hydrogen-bond acceptors (Lipinski definition) is 6. The third-order valence-electron chi connectivity index (χ3n) is 1.28. The molecule has 0 spiro atoms. The van der Waals surface area contributed by atoms with Gasteiger partial charge < -0.3 is 31.4 Å². The SMILES string of the molecule is NC(N)=NCCC[C@H](N)C(=O)O.O=S([O-])[O-].[Na+].[Na+]. The maximum Gasteiger partial charge on any atom is 1.00 e. The van der Waals surface area contributed by atoms with Gasteiger partial charge >= 0.3 is 65.1 Å². The number of aliphatic imine (C=N–C) groups is 1. The zero-order valence-corrected chi connectivity index (χ0v) is 15.2. The van der Waals surface area contributed by atoms with Crippen LogP contribution in [0.5, 0.6) is 0 Å². The minimum Gasteiger partial charge on any atom is -0.784 e. The summed E-state index contributed by atoms with van der Waals surface area (Å²) in [6.45, 7) is 0.420. The van der Waals surface area contributed by atoms with Crippen molar-refractivity contribution in [3.63, 3.8) is 0 Å². The van der Waals surface area contributed by atoms with Crippen molar-refractivity contribution in [2.75, 3.05) is 6.54 Å². The summed E-state index contributed by atoms with van der Waals surface area (Å²) >= 11 is -3.11. The molecule has 9 nitrogen and oxygen atoms in total. The number of carboxylic acids is 1. The maximum atomic E-state index is 10.2. The van der Waals surface area contributed by atoms with E-state index in [1.54, 1.807) is 0 Å². The molecule has 96 valence electrons. The van der Waals surface area contributed by atoms with Crippen LogP contribution in [0.3, 0.4) is 0 Å². The van der Waals surface area contributed by atoms with Crippen LogP contribution in [0, 0.1) is 0 Å². The molecule has 0 aliphatic rings. The van der Waals surface area contributed by atoms with Crippen molar-refractivity contribution in [2.45, 2.75) is 18.9 Å². The molecule has 7 N–H and O–H groups in total. The van der Waals surface area contributed by atoms with Gasteiger partial charge in [-0.2, -0.15) is 0 Å². The van der Waals surface area contributed by atoms with Crippen molar-refractivity contribution in [2.24, 2.45) is 22.2 Å². The van der Waals surface area contributed by atoms with Gasteiger partial charge in [-0.15, -0.1) is 11.4 Å². The summed E-state index contributed by atoms with van der Waals surface area (Å²) in [6, 6.07) is -0.820. The Balaban J connectivity index is -0.000000143. The molecule has 0 aliphatic heterocycles. The molecule has 18 heavy (non-hydrogen) atoms. The average Bonchev–Trinajstić information content (AvgIpc) is 2.10. The van der Waals surface area contributed by atoms with Crippen LogP contribution in [-0.4, -0.2) is 42.9 Å². The van der Waals surface area contributed by atoms with E-state index in [9.17, 15) is 4.79 Å². The van der Waals surface area contributed by atoms with E-state index in [4.69, 9.17) is 35.6 Å². The van der Waals surface area contributed by atoms with E-state index in [0.29, 0.717) is 19.4 Å². The monoisotopic (exact) mass is 300 g/mol. The molecule has 0 saturated carbocycles. The summed E-state index contributed by atoms with van der Waals surface area (Å²) < 4.78 is 25.3. The second-order valence-electron chi connectivity index (χ2n) is 2.60. The number of nitrogens with two attached hydrogens (primary N) is 3. The van der Waals surface area contributed by atoms with Crippen molar-refractivity contribution in [3.05, 3.63) is 0 Å². The summed E-state index contributed by atoms with van der Waals surface area (Å²) in [5.41, 5.74) is 15.3. The van der Waals surface area contributed by atoms with Crippen LogP contribution in [0.15, 0.2) is 4.99 Å². The summed E-state index contributed by atoms with van der Waals surface area (Å²) in [5.74, 6) is -0.987. The van der Waals surface area contributed by atoms with Crippen LogP contribution in [0.1, 0.15) is 12.8 Å². The van der Waals surface area contributed by atoms with Gasteiger partial charge in [0.15, 0.2) is 5.96 Å². The third-order valence-corrected chi connectivity index (χ3v) is 1.28. The first-order valence-corrected chi connectivity index (χ1v) is 5.08. The van der Waals surface area contributed by atoms with E-state index in [2.05, 4.69) is 4.99 Å². The van der Waals surface area contributed by atoms with Crippen LogP contribution >= 0.6 is 0 Å². The molecule has 0 aliphatic carbocycles. The predicted molar refractivity (Wildman–Crippen MR) is 55.2 cm³/mol. The van der Waals surface area contributed by atoms with Gasteiger partial charge in [0.25, 0.3) is 0 Å². The van der Waals surface area contributed by atoms with Crippen molar-refractivity contribution in [3.8, 4) is 0 Å². The Morgan fingerprint density at radius 2 is 1.72 bits per heavy atom. The number of nitrogens with zero attached hydrogens (tertiary/aromatic N) is 1. The van der Waals surface area contributed by atoms with Gasteiger partial charge in [-0.05, 0) is 12.8 Å². The molecule has 0 rings (SSSR count). The second-order valence-corrected chi connectivity index (χ2v) is 3.01. The fraction of sp³-hybridized carbons (Fsp3) is 0.667. The molecular formula is C6H14N4Na2O5S. The number of carboxylic acid groups (broad SMARTS) is 1. The van der Waals surface area contributed by atoms with E-state index in [1.165, 1.54) is 0 Å². The van der Waals surface area contributed by atoms with Gasteiger partial charge in [0.2, 0.25) is 0 Å². The average molecular weight is 300 g/mol. The standard InChI is InChI=1S/C6H14N4O2.2Na.H2O3S/c7-4(5(11)12)2-1-3-10-6(8)9;;;1-4(2)3/h4H,1-3,7H2,(H,11,12)(H4,8,9,10);;;(H2,1,2,3)/q;2*+1;/p-2/t4-;;;/m0.../s1. The van der Waals surface area contributed by atoms with Crippen LogP contribution in [0.4, 0.5) is 0 Å². The summed E-state index contributed by atoms with van der Waals surface area (Å²) in [6.07, 6.45) is 0.956. The van der Waals surface area contributed by atoms with Gasteiger partial charge in [-0.25, -0.2) is 0 Å². The van der Waals surface area contributed by atoms with E-state index in [-0.39, 0.29) is 65.1 Å². The summed E-state index contributed by atoms with van der Waals surface area (Å²) in [4.78, 5) is 13.9. The number of rotatable bonds is 5. The van der Waals surface area contributed by atoms with Crippen LogP contribution in [0.25, 0.3) is 0 Å². The Labute approximate surface area is 152 Å². The van der Waals surface area contributed by atoms with Crippen molar-refractivity contribution >= 4 is 23.3 Å². The van der Waals surface area contributed by atoms with E-state index < -0.39 is 23.4 Å². The number of carbonyl (C=O) groups is 1. The maximum absolute atomic E-state index is 10.2. The minimum absolute atomic E-state index is 0. The molecule has 0 bridgehead atoms. The first-order chi connectivity index (χ1) is 7.27. The molecule has 1 atom stereocenters. The number of aliphatic carboxylic acids is 1. The second kappa shape index (κ2) is 17.8. The van der Waals surface area contributed by atoms with E-state index >= 15 is 0 Å². The third kappa shape index (κ3) is 30.1. The Hall–Kier alpha value is 0.770. The fourth-order valence-corrected chi connectivity index (χ4v) is 0.643. The largest absolute Gasteiger partial charge is 1.00 e. The zero-order chi connectivity index (χ0) is 13.1. The minimum atomic E-state index is -3.11. The molecule has 0 amide bonds. The van der Waals surface area contributed by atoms with Gasteiger partial charge in [-0.1, -0.05) is 0 Å². The topological polar surface area (TPSA) is 191 Å². The smallest absolute Gasteiger partial charge is 0.784 e. The molecule has 0 heterocycles. The van der Waals surface area contributed by atoms with Gasteiger partial charge in [-0.3, -0.25) is 14.0 Å². The normalized spacial score (nSPS) is 10.0. The Morgan fingerprint density at radius 3 is 2.00 bits per heavy atom. The first kappa shape index (κ1) is 27.2. The van der Waals surface area contributed by atoms with E-state index in [0.717, 1.165) is 0 Å². The van der Waals surface area contributed by atoms with Gasteiger partial charge in [0.1, 0.15) is 6.04 Å².